The normalized spacial score (nSPS) is 10.5. The molecule has 1 rings (SSSR count). The van der Waals surface area contributed by atoms with E-state index in [0.717, 1.165) is 37.2 Å². The van der Waals surface area contributed by atoms with Crippen LogP contribution in [0.15, 0.2) is 12.1 Å². The maximum Gasteiger partial charge on any atom is 0.142 e. The first-order chi connectivity index (χ1) is 7.69. The summed E-state index contributed by atoms with van der Waals surface area (Å²) in [7, 11) is 0. The highest BCUT2D eigenvalue weighted by molar-refractivity contribution is 5.63. The SMILES string of the molecule is CCc1ccc(N(CC)CC)c(O)c1CC. The van der Waals surface area contributed by atoms with Crippen LogP contribution in [0.2, 0.25) is 0 Å². The molecule has 1 aromatic carbocycles. The molecule has 0 aliphatic rings. The third kappa shape index (κ3) is 2.31. The predicted octanol–water partition coefficient (Wildman–Crippen LogP) is 3.36. The largest absolute Gasteiger partial charge is 0.505 e. The Bertz CT molecular complexity index is 343. The van der Waals surface area contributed by atoms with E-state index in [0.29, 0.717) is 5.75 Å². The zero-order valence-corrected chi connectivity index (χ0v) is 10.9. The van der Waals surface area contributed by atoms with Crippen LogP contribution in [-0.4, -0.2) is 18.2 Å². The van der Waals surface area contributed by atoms with E-state index >= 15 is 0 Å². The third-order valence-electron chi connectivity index (χ3n) is 3.20. The summed E-state index contributed by atoms with van der Waals surface area (Å²) in [6.07, 6.45) is 1.87. The first-order valence-corrected chi connectivity index (χ1v) is 6.28. The molecule has 90 valence electrons. The second kappa shape index (κ2) is 5.78. The van der Waals surface area contributed by atoms with Crippen LogP contribution < -0.4 is 4.90 Å². The number of phenols is 1. The molecule has 0 fully saturated rings. The van der Waals surface area contributed by atoms with Crippen molar-refractivity contribution in [2.24, 2.45) is 0 Å². The molecule has 0 aromatic heterocycles. The number of hydrogen-bond acceptors (Lipinski definition) is 2. The van der Waals surface area contributed by atoms with E-state index in [9.17, 15) is 5.11 Å². The van der Waals surface area contributed by atoms with Crippen LogP contribution in [0, 0.1) is 0 Å². The number of rotatable bonds is 5. The number of aromatic hydroxyl groups is 1. The molecule has 1 aromatic rings. The molecule has 0 amide bonds. The predicted molar refractivity (Wildman–Crippen MR) is 70.4 cm³/mol. The van der Waals surface area contributed by atoms with Gasteiger partial charge in [0.15, 0.2) is 0 Å². The van der Waals surface area contributed by atoms with E-state index in [1.165, 1.54) is 5.56 Å². The summed E-state index contributed by atoms with van der Waals surface area (Å²) in [5, 5.41) is 10.3. The van der Waals surface area contributed by atoms with Crippen molar-refractivity contribution in [1.82, 2.24) is 0 Å². The zero-order valence-electron chi connectivity index (χ0n) is 10.9. The lowest BCUT2D eigenvalue weighted by molar-refractivity contribution is 0.467. The van der Waals surface area contributed by atoms with Crippen molar-refractivity contribution in [2.75, 3.05) is 18.0 Å². The van der Waals surface area contributed by atoms with E-state index in [1.807, 2.05) is 6.07 Å². The Kier molecular flexibility index (Phi) is 4.66. The summed E-state index contributed by atoms with van der Waals surface area (Å²) < 4.78 is 0. The molecule has 0 heterocycles. The fourth-order valence-electron chi connectivity index (χ4n) is 2.21. The summed E-state index contributed by atoms with van der Waals surface area (Å²) in [5.41, 5.74) is 3.34. The number of phenolic OH excluding ortho intramolecular Hbond substituents is 1. The van der Waals surface area contributed by atoms with Crippen molar-refractivity contribution in [2.45, 2.75) is 40.5 Å². The van der Waals surface area contributed by atoms with Crippen LogP contribution in [0.4, 0.5) is 5.69 Å². The molecular formula is C14H23NO. The minimum atomic E-state index is 0.477. The van der Waals surface area contributed by atoms with Crippen LogP contribution in [0.1, 0.15) is 38.8 Å². The van der Waals surface area contributed by atoms with Gasteiger partial charge in [0, 0.05) is 13.1 Å². The van der Waals surface area contributed by atoms with Gasteiger partial charge in [-0.05, 0) is 43.9 Å². The lowest BCUT2D eigenvalue weighted by atomic mass is 10.0. The number of benzene rings is 1. The third-order valence-corrected chi connectivity index (χ3v) is 3.20. The molecule has 0 saturated carbocycles. The van der Waals surface area contributed by atoms with Crippen LogP contribution >= 0.6 is 0 Å². The summed E-state index contributed by atoms with van der Waals surface area (Å²) in [6, 6.07) is 4.19. The monoisotopic (exact) mass is 221 g/mol. The molecule has 16 heavy (non-hydrogen) atoms. The minimum absolute atomic E-state index is 0.477. The van der Waals surface area contributed by atoms with Gasteiger partial charge in [-0.2, -0.15) is 0 Å². The molecule has 0 spiro atoms. The van der Waals surface area contributed by atoms with E-state index in [-0.39, 0.29) is 0 Å². The number of anilines is 1. The van der Waals surface area contributed by atoms with Crippen LogP contribution in [0.3, 0.4) is 0 Å². The van der Waals surface area contributed by atoms with Crippen molar-refractivity contribution in [3.63, 3.8) is 0 Å². The standard InChI is InChI=1S/C14H23NO/c1-5-11-9-10-13(15(7-3)8-4)14(16)12(11)6-2/h9-10,16H,5-8H2,1-4H3. The Morgan fingerprint density at radius 3 is 2.06 bits per heavy atom. The van der Waals surface area contributed by atoms with E-state index in [2.05, 4.69) is 38.7 Å². The number of aryl methyl sites for hydroxylation is 1. The molecule has 1 N–H and O–H groups in total. The molecule has 0 atom stereocenters. The highest BCUT2D eigenvalue weighted by Gasteiger charge is 2.13. The molecule has 2 heteroatoms. The van der Waals surface area contributed by atoms with Crippen molar-refractivity contribution < 1.29 is 5.11 Å². The Hall–Kier alpha value is -1.18. The second-order valence-electron chi connectivity index (χ2n) is 3.95. The molecule has 2 nitrogen and oxygen atoms in total. The summed E-state index contributed by atoms with van der Waals surface area (Å²) >= 11 is 0. The number of hydrogen-bond donors (Lipinski definition) is 1. The van der Waals surface area contributed by atoms with Gasteiger partial charge >= 0.3 is 0 Å². The molecule has 0 aliphatic heterocycles. The lowest BCUT2D eigenvalue weighted by Crippen LogP contribution is -2.22. The highest BCUT2D eigenvalue weighted by Crippen LogP contribution is 2.33. The van der Waals surface area contributed by atoms with Gasteiger partial charge in [0.2, 0.25) is 0 Å². The Morgan fingerprint density at radius 1 is 1.00 bits per heavy atom. The van der Waals surface area contributed by atoms with Crippen molar-refractivity contribution in [3.8, 4) is 5.75 Å². The van der Waals surface area contributed by atoms with Gasteiger partial charge in [-0.3, -0.25) is 0 Å². The smallest absolute Gasteiger partial charge is 0.142 e. The van der Waals surface area contributed by atoms with E-state index in [4.69, 9.17) is 0 Å². The van der Waals surface area contributed by atoms with Gasteiger partial charge in [0.25, 0.3) is 0 Å². The average molecular weight is 221 g/mol. The Balaban J connectivity index is 3.22. The maximum atomic E-state index is 10.3. The summed E-state index contributed by atoms with van der Waals surface area (Å²) in [5.74, 6) is 0.477. The molecule has 0 unspecified atom stereocenters. The van der Waals surface area contributed by atoms with Gasteiger partial charge < -0.3 is 10.0 Å². The van der Waals surface area contributed by atoms with Crippen molar-refractivity contribution in [1.29, 1.82) is 0 Å². The Labute approximate surface area is 98.9 Å². The van der Waals surface area contributed by atoms with Gasteiger partial charge in [-0.15, -0.1) is 0 Å². The van der Waals surface area contributed by atoms with Gasteiger partial charge in [-0.25, -0.2) is 0 Å². The molecule has 0 aliphatic carbocycles. The molecule has 0 saturated heterocycles. The van der Waals surface area contributed by atoms with Crippen molar-refractivity contribution in [3.05, 3.63) is 23.3 Å². The zero-order chi connectivity index (χ0) is 12.1. The highest BCUT2D eigenvalue weighted by atomic mass is 16.3. The van der Waals surface area contributed by atoms with E-state index in [1.54, 1.807) is 0 Å². The molecule has 0 bridgehead atoms. The fraction of sp³-hybridized carbons (Fsp3) is 0.571. The summed E-state index contributed by atoms with van der Waals surface area (Å²) in [6.45, 7) is 10.3. The topological polar surface area (TPSA) is 23.5 Å². The quantitative estimate of drug-likeness (QED) is 0.824. The van der Waals surface area contributed by atoms with Gasteiger partial charge in [0.1, 0.15) is 5.75 Å². The van der Waals surface area contributed by atoms with Crippen molar-refractivity contribution >= 4 is 5.69 Å². The minimum Gasteiger partial charge on any atom is -0.505 e. The molecular weight excluding hydrogens is 198 g/mol. The van der Waals surface area contributed by atoms with Gasteiger partial charge in [-0.1, -0.05) is 19.9 Å². The summed E-state index contributed by atoms with van der Waals surface area (Å²) in [4.78, 5) is 2.19. The maximum absolute atomic E-state index is 10.3. The lowest BCUT2D eigenvalue weighted by Gasteiger charge is -2.24. The van der Waals surface area contributed by atoms with Crippen LogP contribution in [0.25, 0.3) is 0 Å². The molecule has 0 radical (unpaired) electrons. The van der Waals surface area contributed by atoms with E-state index < -0.39 is 0 Å². The second-order valence-corrected chi connectivity index (χ2v) is 3.95. The Morgan fingerprint density at radius 2 is 1.62 bits per heavy atom. The fourth-order valence-corrected chi connectivity index (χ4v) is 2.21. The van der Waals surface area contributed by atoms with Crippen LogP contribution in [0.5, 0.6) is 5.75 Å². The van der Waals surface area contributed by atoms with Crippen LogP contribution in [-0.2, 0) is 12.8 Å². The number of nitrogens with zero attached hydrogens (tertiary/aromatic N) is 1. The van der Waals surface area contributed by atoms with Gasteiger partial charge in [0.05, 0.1) is 5.69 Å². The average Bonchev–Trinajstić information content (AvgIpc) is 2.32. The first-order valence-electron chi connectivity index (χ1n) is 6.28. The first kappa shape index (κ1) is 12.9.